The van der Waals surface area contributed by atoms with Gasteiger partial charge in [0.15, 0.2) is 0 Å². The van der Waals surface area contributed by atoms with Crippen molar-refractivity contribution in [3.63, 3.8) is 0 Å². The first-order chi connectivity index (χ1) is 11.6. The van der Waals surface area contributed by atoms with Gasteiger partial charge < -0.3 is 15.5 Å². The first-order valence-electron chi connectivity index (χ1n) is 8.17. The number of hydrogen-bond acceptors (Lipinski definition) is 2. The Kier molecular flexibility index (Phi) is 4.79. The number of rotatable bonds is 3. The van der Waals surface area contributed by atoms with Gasteiger partial charge in [-0.1, -0.05) is 18.2 Å². The van der Waals surface area contributed by atoms with Crippen LogP contribution in [0.15, 0.2) is 48.5 Å². The zero-order valence-corrected chi connectivity index (χ0v) is 13.7. The van der Waals surface area contributed by atoms with E-state index in [0.29, 0.717) is 12.1 Å². The summed E-state index contributed by atoms with van der Waals surface area (Å²) in [7, 11) is 0. The van der Waals surface area contributed by atoms with E-state index in [4.69, 9.17) is 0 Å². The highest BCUT2D eigenvalue weighted by molar-refractivity contribution is 6.00. The summed E-state index contributed by atoms with van der Waals surface area (Å²) < 4.78 is 0. The van der Waals surface area contributed by atoms with Crippen molar-refractivity contribution in [2.45, 2.75) is 26.2 Å². The van der Waals surface area contributed by atoms with Crippen molar-refractivity contribution in [2.75, 3.05) is 22.1 Å². The molecule has 1 saturated heterocycles. The molecular weight excluding hydrogens is 302 g/mol. The fourth-order valence-corrected chi connectivity index (χ4v) is 2.80. The lowest BCUT2D eigenvalue weighted by atomic mass is 10.1. The van der Waals surface area contributed by atoms with Crippen LogP contribution in [0.5, 0.6) is 0 Å². The summed E-state index contributed by atoms with van der Waals surface area (Å²) in [4.78, 5) is 25.8. The van der Waals surface area contributed by atoms with Crippen molar-refractivity contribution in [1.82, 2.24) is 0 Å². The molecule has 0 atom stereocenters. The fourth-order valence-electron chi connectivity index (χ4n) is 2.80. The highest BCUT2D eigenvalue weighted by Gasteiger charge is 2.19. The van der Waals surface area contributed by atoms with Crippen LogP contribution in [-0.4, -0.2) is 18.5 Å². The van der Waals surface area contributed by atoms with E-state index in [-0.39, 0.29) is 11.9 Å². The first-order valence-corrected chi connectivity index (χ1v) is 8.17. The minimum Gasteiger partial charge on any atom is -0.312 e. The van der Waals surface area contributed by atoms with Gasteiger partial charge in [-0.15, -0.1) is 0 Å². The summed E-state index contributed by atoms with van der Waals surface area (Å²) in [5.74, 6) is 0.166. The SMILES string of the molecule is Cc1ccccc1NC(=O)Nc1ccc(N2CCCCC2=O)cc1. The third-order valence-corrected chi connectivity index (χ3v) is 4.15. The number of benzene rings is 2. The molecule has 5 nitrogen and oxygen atoms in total. The molecule has 0 saturated carbocycles. The molecule has 5 heteroatoms. The second-order valence-electron chi connectivity index (χ2n) is 5.94. The number of nitrogens with one attached hydrogen (secondary N) is 2. The van der Waals surface area contributed by atoms with E-state index in [1.807, 2.05) is 55.5 Å². The number of para-hydroxylation sites is 1. The van der Waals surface area contributed by atoms with Crippen LogP contribution in [0.4, 0.5) is 21.9 Å². The molecule has 3 amide bonds. The van der Waals surface area contributed by atoms with E-state index >= 15 is 0 Å². The van der Waals surface area contributed by atoms with Gasteiger partial charge in [-0.2, -0.15) is 0 Å². The topological polar surface area (TPSA) is 61.4 Å². The normalized spacial score (nSPS) is 14.4. The van der Waals surface area contributed by atoms with Gasteiger partial charge in [0, 0.05) is 30.0 Å². The summed E-state index contributed by atoms with van der Waals surface area (Å²) in [5.41, 5.74) is 3.36. The molecule has 0 spiro atoms. The van der Waals surface area contributed by atoms with E-state index in [9.17, 15) is 9.59 Å². The molecule has 2 N–H and O–H groups in total. The second-order valence-corrected chi connectivity index (χ2v) is 5.94. The minimum atomic E-state index is -0.286. The molecule has 24 heavy (non-hydrogen) atoms. The molecule has 0 bridgehead atoms. The maximum absolute atomic E-state index is 12.1. The van der Waals surface area contributed by atoms with E-state index in [1.165, 1.54) is 0 Å². The highest BCUT2D eigenvalue weighted by Crippen LogP contribution is 2.23. The third-order valence-electron chi connectivity index (χ3n) is 4.15. The van der Waals surface area contributed by atoms with Crippen molar-refractivity contribution in [3.05, 3.63) is 54.1 Å². The van der Waals surface area contributed by atoms with E-state index in [2.05, 4.69) is 10.6 Å². The molecule has 1 aliphatic heterocycles. The van der Waals surface area contributed by atoms with Crippen LogP contribution in [0.25, 0.3) is 0 Å². The number of carbonyl (C=O) groups excluding carboxylic acids is 2. The van der Waals surface area contributed by atoms with Crippen LogP contribution < -0.4 is 15.5 Å². The lowest BCUT2D eigenvalue weighted by molar-refractivity contribution is -0.119. The maximum atomic E-state index is 12.1. The molecule has 1 heterocycles. The van der Waals surface area contributed by atoms with Crippen molar-refractivity contribution in [1.29, 1.82) is 0 Å². The van der Waals surface area contributed by atoms with Crippen molar-refractivity contribution in [2.24, 2.45) is 0 Å². The van der Waals surface area contributed by atoms with Gasteiger partial charge >= 0.3 is 6.03 Å². The second kappa shape index (κ2) is 7.17. The molecule has 1 fully saturated rings. The van der Waals surface area contributed by atoms with Gasteiger partial charge in [0.2, 0.25) is 5.91 Å². The van der Waals surface area contributed by atoms with E-state index in [0.717, 1.165) is 36.3 Å². The molecule has 3 rings (SSSR count). The summed E-state index contributed by atoms with van der Waals surface area (Å²) in [6.07, 6.45) is 2.61. The van der Waals surface area contributed by atoms with Crippen LogP contribution in [0.1, 0.15) is 24.8 Å². The first kappa shape index (κ1) is 16.1. The molecular formula is C19H21N3O2. The molecule has 124 valence electrons. The Balaban J connectivity index is 1.62. The van der Waals surface area contributed by atoms with Gasteiger partial charge in [-0.25, -0.2) is 4.79 Å². The van der Waals surface area contributed by atoms with Crippen molar-refractivity contribution < 1.29 is 9.59 Å². The molecule has 0 aromatic heterocycles. The van der Waals surface area contributed by atoms with Crippen LogP contribution >= 0.6 is 0 Å². The fraction of sp³-hybridized carbons (Fsp3) is 0.263. The van der Waals surface area contributed by atoms with Gasteiger partial charge in [0.25, 0.3) is 0 Å². The number of carbonyl (C=O) groups is 2. The van der Waals surface area contributed by atoms with E-state index in [1.54, 1.807) is 4.90 Å². The summed E-state index contributed by atoms with van der Waals surface area (Å²) in [6.45, 7) is 2.71. The molecule has 1 aliphatic rings. The highest BCUT2D eigenvalue weighted by atomic mass is 16.2. The zero-order valence-electron chi connectivity index (χ0n) is 13.7. The minimum absolute atomic E-state index is 0.166. The van der Waals surface area contributed by atoms with Gasteiger partial charge in [-0.3, -0.25) is 4.79 Å². The summed E-state index contributed by atoms with van der Waals surface area (Å²) in [6, 6.07) is 14.7. The number of piperidine rings is 1. The lowest BCUT2D eigenvalue weighted by Gasteiger charge is -2.26. The smallest absolute Gasteiger partial charge is 0.312 e. The number of hydrogen-bond donors (Lipinski definition) is 2. The Morgan fingerprint density at radius 2 is 1.75 bits per heavy atom. The molecule has 0 unspecified atom stereocenters. The largest absolute Gasteiger partial charge is 0.323 e. The monoisotopic (exact) mass is 323 g/mol. The number of aryl methyl sites for hydroxylation is 1. The van der Waals surface area contributed by atoms with Crippen LogP contribution in [0.2, 0.25) is 0 Å². The predicted octanol–water partition coefficient (Wildman–Crippen LogP) is 4.16. The van der Waals surface area contributed by atoms with E-state index < -0.39 is 0 Å². The molecule has 0 radical (unpaired) electrons. The van der Waals surface area contributed by atoms with Crippen LogP contribution in [0, 0.1) is 6.92 Å². The maximum Gasteiger partial charge on any atom is 0.323 e. The van der Waals surface area contributed by atoms with Crippen LogP contribution in [-0.2, 0) is 4.79 Å². The van der Waals surface area contributed by atoms with Crippen molar-refractivity contribution in [3.8, 4) is 0 Å². The summed E-state index contributed by atoms with van der Waals surface area (Å²) >= 11 is 0. The number of urea groups is 1. The Morgan fingerprint density at radius 3 is 2.46 bits per heavy atom. The third kappa shape index (κ3) is 3.74. The molecule has 0 aliphatic carbocycles. The number of amides is 3. The number of nitrogens with zero attached hydrogens (tertiary/aromatic N) is 1. The standard InChI is InChI=1S/C19H21N3O2/c1-14-6-2-3-7-17(14)21-19(24)20-15-9-11-16(12-10-15)22-13-5-4-8-18(22)23/h2-3,6-7,9-12H,4-5,8,13H2,1H3,(H2,20,21,24). The lowest BCUT2D eigenvalue weighted by Crippen LogP contribution is -2.35. The molecule has 2 aromatic rings. The Hall–Kier alpha value is -2.82. The van der Waals surface area contributed by atoms with Crippen LogP contribution in [0.3, 0.4) is 0 Å². The van der Waals surface area contributed by atoms with Crippen molar-refractivity contribution >= 4 is 29.0 Å². The van der Waals surface area contributed by atoms with Gasteiger partial charge in [0.05, 0.1) is 0 Å². The molecule has 2 aromatic carbocycles. The quantitative estimate of drug-likeness (QED) is 0.891. The Bertz CT molecular complexity index is 741. The van der Waals surface area contributed by atoms with Gasteiger partial charge in [-0.05, 0) is 55.7 Å². The van der Waals surface area contributed by atoms with Gasteiger partial charge in [0.1, 0.15) is 0 Å². The Morgan fingerprint density at radius 1 is 1.00 bits per heavy atom. The zero-order chi connectivity index (χ0) is 16.9. The summed E-state index contributed by atoms with van der Waals surface area (Å²) in [5, 5.41) is 5.63. The number of anilines is 3. The Labute approximate surface area is 141 Å². The average molecular weight is 323 g/mol. The predicted molar refractivity (Wildman–Crippen MR) is 96.5 cm³/mol. The average Bonchev–Trinajstić information content (AvgIpc) is 2.58.